The van der Waals surface area contributed by atoms with Crippen LogP contribution < -0.4 is 5.32 Å². The van der Waals surface area contributed by atoms with E-state index in [2.05, 4.69) is 10.3 Å². The Hall–Kier alpha value is -2.12. The second kappa shape index (κ2) is 6.36. The normalized spacial score (nSPS) is 12.8. The van der Waals surface area contributed by atoms with E-state index in [0.29, 0.717) is 0 Å². The molecule has 1 heterocycles. The molecule has 0 aliphatic heterocycles. The van der Waals surface area contributed by atoms with E-state index in [1.54, 1.807) is 0 Å². The van der Waals surface area contributed by atoms with Crippen LogP contribution >= 0.6 is 0 Å². The van der Waals surface area contributed by atoms with Crippen LogP contribution in [0.5, 0.6) is 0 Å². The van der Waals surface area contributed by atoms with Crippen molar-refractivity contribution in [3.05, 3.63) is 29.6 Å². The molecule has 0 aliphatic rings. The Labute approximate surface area is 112 Å². The Morgan fingerprint density at radius 1 is 1.45 bits per heavy atom. The monoisotopic (exact) mass is 290 g/mol. The average molecular weight is 290 g/mol. The summed E-state index contributed by atoms with van der Waals surface area (Å²) in [5.74, 6) is -1.97. The first-order valence-corrected chi connectivity index (χ1v) is 5.76. The van der Waals surface area contributed by atoms with E-state index in [4.69, 9.17) is 5.11 Å². The number of pyridine rings is 1. The smallest absolute Gasteiger partial charge is 0.434 e. The van der Waals surface area contributed by atoms with E-state index in [1.165, 1.54) is 13.0 Å². The van der Waals surface area contributed by atoms with E-state index in [9.17, 15) is 22.8 Å². The summed E-state index contributed by atoms with van der Waals surface area (Å²) in [6.07, 6.45) is -3.82. The van der Waals surface area contributed by atoms with Crippen LogP contribution in [0.15, 0.2) is 18.3 Å². The number of hydrogen-bond donors (Lipinski definition) is 2. The van der Waals surface area contributed by atoms with Crippen LogP contribution in [0.3, 0.4) is 0 Å². The van der Waals surface area contributed by atoms with E-state index in [1.807, 2.05) is 0 Å². The highest BCUT2D eigenvalue weighted by molar-refractivity contribution is 5.95. The van der Waals surface area contributed by atoms with Gasteiger partial charge in [0.1, 0.15) is 0 Å². The lowest BCUT2D eigenvalue weighted by Crippen LogP contribution is -2.34. The lowest BCUT2D eigenvalue weighted by atomic mass is 10.1. The van der Waals surface area contributed by atoms with Gasteiger partial charge in [0.05, 0.1) is 5.56 Å². The molecule has 8 heteroatoms. The van der Waals surface area contributed by atoms with Crippen molar-refractivity contribution in [3.8, 4) is 0 Å². The molecule has 1 unspecified atom stereocenters. The summed E-state index contributed by atoms with van der Waals surface area (Å²) >= 11 is 0. The number of carboxylic acid groups (broad SMARTS) is 1. The van der Waals surface area contributed by atoms with Crippen molar-refractivity contribution < 1.29 is 27.9 Å². The van der Waals surface area contributed by atoms with Crippen LogP contribution in [0.4, 0.5) is 13.2 Å². The first-order valence-electron chi connectivity index (χ1n) is 5.76. The Bertz CT molecular complexity index is 503. The summed E-state index contributed by atoms with van der Waals surface area (Å²) in [6, 6.07) is 1.70. The SMILES string of the molecule is CC(CCC(=O)O)NC(=O)c1cccnc1C(F)(F)F. The number of carboxylic acids is 1. The van der Waals surface area contributed by atoms with Gasteiger partial charge in [-0.1, -0.05) is 0 Å². The zero-order chi connectivity index (χ0) is 15.3. The molecule has 5 nitrogen and oxygen atoms in total. The van der Waals surface area contributed by atoms with Crippen molar-refractivity contribution in [1.82, 2.24) is 10.3 Å². The molecular weight excluding hydrogens is 277 g/mol. The summed E-state index contributed by atoms with van der Waals surface area (Å²) in [6.45, 7) is 1.52. The Morgan fingerprint density at radius 3 is 2.65 bits per heavy atom. The molecule has 110 valence electrons. The molecule has 0 saturated heterocycles. The number of carbonyl (C=O) groups excluding carboxylic acids is 1. The minimum Gasteiger partial charge on any atom is -0.481 e. The first kappa shape index (κ1) is 15.9. The van der Waals surface area contributed by atoms with Crippen LogP contribution in [0.25, 0.3) is 0 Å². The highest BCUT2D eigenvalue weighted by Gasteiger charge is 2.37. The zero-order valence-electron chi connectivity index (χ0n) is 10.6. The quantitative estimate of drug-likeness (QED) is 0.870. The summed E-state index contributed by atoms with van der Waals surface area (Å²) in [7, 11) is 0. The number of amides is 1. The number of nitrogens with zero attached hydrogens (tertiary/aromatic N) is 1. The molecule has 1 amide bonds. The standard InChI is InChI=1S/C12H13F3N2O3/c1-7(4-5-9(18)19)17-11(20)8-3-2-6-16-10(8)12(13,14)15/h2-3,6-7H,4-5H2,1H3,(H,17,20)(H,18,19). The van der Waals surface area contributed by atoms with Gasteiger partial charge < -0.3 is 10.4 Å². The van der Waals surface area contributed by atoms with Gasteiger partial charge >= 0.3 is 12.1 Å². The van der Waals surface area contributed by atoms with Gasteiger partial charge in [0, 0.05) is 18.7 Å². The van der Waals surface area contributed by atoms with Crippen molar-refractivity contribution in [3.63, 3.8) is 0 Å². The zero-order valence-corrected chi connectivity index (χ0v) is 10.6. The van der Waals surface area contributed by atoms with Crippen molar-refractivity contribution in [2.24, 2.45) is 0 Å². The Kier molecular flexibility index (Phi) is 5.06. The predicted molar refractivity (Wildman–Crippen MR) is 63.0 cm³/mol. The number of aliphatic carboxylic acids is 1. The molecule has 1 atom stereocenters. The molecule has 0 spiro atoms. The van der Waals surface area contributed by atoms with Gasteiger partial charge in [-0.2, -0.15) is 13.2 Å². The topological polar surface area (TPSA) is 79.3 Å². The molecule has 0 aliphatic carbocycles. The molecule has 0 fully saturated rings. The molecule has 20 heavy (non-hydrogen) atoms. The second-order valence-corrected chi connectivity index (χ2v) is 4.20. The summed E-state index contributed by atoms with van der Waals surface area (Å²) in [5.41, 5.74) is -1.84. The number of nitrogens with one attached hydrogen (secondary N) is 1. The molecule has 0 saturated carbocycles. The lowest BCUT2D eigenvalue weighted by Gasteiger charge is -2.15. The third-order valence-corrected chi connectivity index (χ3v) is 2.49. The number of halogens is 3. The van der Waals surface area contributed by atoms with Crippen molar-refractivity contribution >= 4 is 11.9 Å². The van der Waals surface area contributed by atoms with Crippen LogP contribution in [0.1, 0.15) is 35.8 Å². The number of carbonyl (C=O) groups is 2. The summed E-state index contributed by atoms with van der Waals surface area (Å²) in [5, 5.41) is 10.8. The molecule has 2 N–H and O–H groups in total. The number of rotatable bonds is 5. The molecule has 1 aromatic heterocycles. The molecule has 0 aromatic carbocycles. The highest BCUT2D eigenvalue weighted by Crippen LogP contribution is 2.29. The van der Waals surface area contributed by atoms with Crippen molar-refractivity contribution in [2.75, 3.05) is 0 Å². The maximum absolute atomic E-state index is 12.7. The van der Waals surface area contributed by atoms with E-state index >= 15 is 0 Å². The Morgan fingerprint density at radius 2 is 2.10 bits per heavy atom. The highest BCUT2D eigenvalue weighted by atomic mass is 19.4. The number of aromatic nitrogens is 1. The first-order chi connectivity index (χ1) is 9.21. The molecule has 0 bridgehead atoms. The third kappa shape index (κ3) is 4.52. The maximum atomic E-state index is 12.7. The average Bonchev–Trinajstić information content (AvgIpc) is 2.35. The van der Waals surface area contributed by atoms with E-state index in [-0.39, 0.29) is 12.8 Å². The fourth-order valence-electron chi connectivity index (χ4n) is 1.53. The van der Waals surface area contributed by atoms with Crippen LogP contribution in [0, 0.1) is 0 Å². The molecular formula is C12H13F3N2O3. The molecule has 1 aromatic rings. The van der Waals surface area contributed by atoms with Crippen molar-refractivity contribution in [1.29, 1.82) is 0 Å². The van der Waals surface area contributed by atoms with E-state index in [0.717, 1.165) is 12.3 Å². The van der Waals surface area contributed by atoms with Crippen molar-refractivity contribution in [2.45, 2.75) is 32.0 Å². The van der Waals surface area contributed by atoms with Gasteiger partial charge in [0.25, 0.3) is 5.91 Å². The van der Waals surface area contributed by atoms with Gasteiger partial charge in [-0.15, -0.1) is 0 Å². The molecule has 1 rings (SSSR count). The van der Waals surface area contributed by atoms with Crippen LogP contribution in [0.2, 0.25) is 0 Å². The number of hydrogen-bond acceptors (Lipinski definition) is 3. The van der Waals surface area contributed by atoms with Gasteiger partial charge in [-0.05, 0) is 25.5 Å². The minimum atomic E-state index is -4.72. The third-order valence-electron chi connectivity index (χ3n) is 2.49. The Balaban J connectivity index is 2.80. The predicted octanol–water partition coefficient (Wildman–Crippen LogP) is 2.08. The van der Waals surface area contributed by atoms with Gasteiger partial charge in [-0.3, -0.25) is 14.6 Å². The van der Waals surface area contributed by atoms with Gasteiger partial charge in [0.2, 0.25) is 0 Å². The molecule has 0 radical (unpaired) electrons. The summed E-state index contributed by atoms with van der Waals surface area (Å²) in [4.78, 5) is 25.3. The van der Waals surface area contributed by atoms with Gasteiger partial charge in [0.15, 0.2) is 5.69 Å². The van der Waals surface area contributed by atoms with Gasteiger partial charge in [-0.25, -0.2) is 0 Å². The fourth-order valence-corrected chi connectivity index (χ4v) is 1.53. The second-order valence-electron chi connectivity index (χ2n) is 4.20. The van der Waals surface area contributed by atoms with E-state index < -0.39 is 35.4 Å². The van der Waals surface area contributed by atoms with Crippen LogP contribution in [-0.2, 0) is 11.0 Å². The fraction of sp³-hybridized carbons (Fsp3) is 0.417. The maximum Gasteiger partial charge on any atom is 0.434 e. The summed E-state index contributed by atoms with van der Waals surface area (Å²) < 4.78 is 38.0. The minimum absolute atomic E-state index is 0.128. The number of alkyl halides is 3. The largest absolute Gasteiger partial charge is 0.481 e. The lowest BCUT2D eigenvalue weighted by molar-refractivity contribution is -0.141. The van der Waals surface area contributed by atoms with Crippen LogP contribution in [-0.4, -0.2) is 28.0 Å².